The van der Waals surface area contributed by atoms with Gasteiger partial charge in [-0.25, -0.2) is 8.42 Å². The standard InChI is InChI=1S/C29H35N3O5S2/c1-6-30-29(34)22(3)31(19-23-8-7-9-25(18-23)37-4)28(33)20-32(24-12-10-21(2)11-13-24)39(35,36)27-16-14-26(38-5)15-17-27/h7-18,22H,6,19-20H2,1-5H3,(H,30,34)/t22-/m0/s1. The molecule has 0 aliphatic carbocycles. The largest absolute Gasteiger partial charge is 0.497 e. The highest BCUT2D eigenvalue weighted by atomic mass is 32.2. The first kappa shape index (κ1) is 30.0. The maximum absolute atomic E-state index is 13.9. The van der Waals surface area contributed by atoms with E-state index in [1.165, 1.54) is 28.8 Å². The molecular weight excluding hydrogens is 534 g/mol. The topological polar surface area (TPSA) is 96.0 Å². The molecule has 10 heteroatoms. The minimum absolute atomic E-state index is 0.0739. The Morgan fingerprint density at radius 2 is 1.69 bits per heavy atom. The van der Waals surface area contributed by atoms with Crippen molar-refractivity contribution >= 4 is 39.3 Å². The molecule has 0 bridgehead atoms. The summed E-state index contributed by atoms with van der Waals surface area (Å²) in [5.74, 6) is -0.226. The first-order valence-electron chi connectivity index (χ1n) is 12.5. The second-order valence-corrected chi connectivity index (χ2v) is 11.7. The van der Waals surface area contributed by atoms with E-state index < -0.39 is 28.5 Å². The van der Waals surface area contributed by atoms with Crippen molar-refractivity contribution in [2.24, 2.45) is 0 Å². The van der Waals surface area contributed by atoms with Gasteiger partial charge >= 0.3 is 0 Å². The van der Waals surface area contributed by atoms with E-state index in [0.717, 1.165) is 20.3 Å². The van der Waals surface area contributed by atoms with E-state index in [9.17, 15) is 18.0 Å². The summed E-state index contributed by atoms with van der Waals surface area (Å²) in [6, 6.07) is 19.9. The normalized spacial score (nSPS) is 11.9. The third-order valence-electron chi connectivity index (χ3n) is 6.25. The molecule has 3 rings (SSSR count). The number of hydrogen-bond acceptors (Lipinski definition) is 6. The van der Waals surface area contributed by atoms with Crippen LogP contribution < -0.4 is 14.4 Å². The molecule has 3 aromatic rings. The number of methoxy groups -OCH3 is 1. The molecule has 0 saturated heterocycles. The van der Waals surface area contributed by atoms with E-state index in [1.807, 2.05) is 19.2 Å². The lowest BCUT2D eigenvalue weighted by molar-refractivity contribution is -0.139. The average molecular weight is 570 g/mol. The van der Waals surface area contributed by atoms with Crippen molar-refractivity contribution in [2.75, 3.05) is 30.8 Å². The number of likely N-dealkylation sites (N-methyl/N-ethyl adjacent to an activating group) is 1. The van der Waals surface area contributed by atoms with Gasteiger partial charge in [-0.3, -0.25) is 13.9 Å². The van der Waals surface area contributed by atoms with Gasteiger partial charge in [0.15, 0.2) is 0 Å². The highest BCUT2D eigenvalue weighted by Gasteiger charge is 2.32. The summed E-state index contributed by atoms with van der Waals surface area (Å²) in [7, 11) is -2.55. The van der Waals surface area contributed by atoms with E-state index in [1.54, 1.807) is 75.6 Å². The molecule has 208 valence electrons. The number of aryl methyl sites for hydroxylation is 1. The smallest absolute Gasteiger partial charge is 0.264 e. The third-order valence-corrected chi connectivity index (χ3v) is 8.79. The Hall–Kier alpha value is -3.50. The number of nitrogens with one attached hydrogen (secondary N) is 1. The predicted octanol–water partition coefficient (Wildman–Crippen LogP) is 4.47. The van der Waals surface area contributed by atoms with Crippen LogP contribution in [0.15, 0.2) is 82.6 Å². The molecule has 1 atom stereocenters. The van der Waals surface area contributed by atoms with Gasteiger partial charge in [0.25, 0.3) is 10.0 Å². The first-order chi connectivity index (χ1) is 18.6. The first-order valence-corrected chi connectivity index (χ1v) is 15.2. The molecular formula is C29H35N3O5S2. The van der Waals surface area contributed by atoms with Crippen molar-refractivity contribution < 1.29 is 22.7 Å². The molecule has 8 nitrogen and oxygen atoms in total. The Morgan fingerprint density at radius 1 is 1.03 bits per heavy atom. The Morgan fingerprint density at radius 3 is 2.28 bits per heavy atom. The number of ether oxygens (including phenoxy) is 1. The molecule has 0 aliphatic heterocycles. The van der Waals surface area contributed by atoms with Gasteiger partial charge in [-0.1, -0.05) is 29.8 Å². The molecule has 3 aromatic carbocycles. The summed E-state index contributed by atoms with van der Waals surface area (Å²) in [6.07, 6.45) is 1.91. The van der Waals surface area contributed by atoms with Crippen LogP contribution in [0.4, 0.5) is 5.69 Å². The van der Waals surface area contributed by atoms with Crippen molar-refractivity contribution in [3.05, 3.63) is 83.9 Å². The van der Waals surface area contributed by atoms with Crippen LogP contribution in [0, 0.1) is 6.92 Å². The quantitative estimate of drug-likeness (QED) is 0.323. The van der Waals surface area contributed by atoms with Crippen LogP contribution in [0.2, 0.25) is 0 Å². The predicted molar refractivity (Wildman–Crippen MR) is 156 cm³/mol. The number of rotatable bonds is 12. The molecule has 0 aliphatic rings. The summed E-state index contributed by atoms with van der Waals surface area (Å²) < 4.78 is 34.2. The van der Waals surface area contributed by atoms with E-state index in [4.69, 9.17) is 4.74 Å². The van der Waals surface area contributed by atoms with E-state index in [-0.39, 0.29) is 17.3 Å². The number of anilines is 1. The van der Waals surface area contributed by atoms with Crippen molar-refractivity contribution in [2.45, 2.75) is 43.1 Å². The summed E-state index contributed by atoms with van der Waals surface area (Å²) in [6.45, 7) is 5.35. The van der Waals surface area contributed by atoms with Crippen LogP contribution in [-0.2, 0) is 26.2 Å². The van der Waals surface area contributed by atoms with Crippen LogP contribution in [0.3, 0.4) is 0 Å². The van der Waals surface area contributed by atoms with Gasteiger partial charge < -0.3 is 15.0 Å². The fourth-order valence-corrected chi connectivity index (χ4v) is 5.81. The molecule has 0 heterocycles. The molecule has 39 heavy (non-hydrogen) atoms. The van der Waals surface area contributed by atoms with Gasteiger partial charge in [-0.15, -0.1) is 11.8 Å². The van der Waals surface area contributed by atoms with Crippen molar-refractivity contribution in [3.8, 4) is 5.75 Å². The van der Waals surface area contributed by atoms with Crippen LogP contribution in [0.1, 0.15) is 25.0 Å². The van der Waals surface area contributed by atoms with Crippen LogP contribution >= 0.6 is 11.8 Å². The fraction of sp³-hybridized carbons (Fsp3) is 0.310. The third kappa shape index (κ3) is 7.54. The van der Waals surface area contributed by atoms with E-state index in [0.29, 0.717) is 18.0 Å². The molecule has 0 fully saturated rings. The number of carbonyl (C=O) groups excluding carboxylic acids is 2. The summed E-state index contributed by atoms with van der Waals surface area (Å²) >= 11 is 1.51. The van der Waals surface area contributed by atoms with Crippen LogP contribution in [0.5, 0.6) is 5.75 Å². The van der Waals surface area contributed by atoms with Crippen LogP contribution in [0.25, 0.3) is 0 Å². The lowest BCUT2D eigenvalue weighted by Crippen LogP contribution is -2.51. The lowest BCUT2D eigenvalue weighted by Gasteiger charge is -2.32. The average Bonchev–Trinajstić information content (AvgIpc) is 2.94. The second-order valence-electron chi connectivity index (χ2n) is 8.97. The van der Waals surface area contributed by atoms with Gasteiger partial charge in [0.1, 0.15) is 18.3 Å². The number of benzene rings is 3. The molecule has 0 radical (unpaired) electrons. The maximum atomic E-state index is 13.9. The number of carbonyl (C=O) groups is 2. The molecule has 2 amide bonds. The number of nitrogens with zero attached hydrogens (tertiary/aromatic N) is 2. The van der Waals surface area contributed by atoms with E-state index >= 15 is 0 Å². The van der Waals surface area contributed by atoms with Gasteiger partial charge in [-0.05, 0) is 81.1 Å². The van der Waals surface area contributed by atoms with Gasteiger partial charge in [-0.2, -0.15) is 0 Å². The van der Waals surface area contributed by atoms with Crippen molar-refractivity contribution in [1.29, 1.82) is 0 Å². The molecule has 0 unspecified atom stereocenters. The van der Waals surface area contributed by atoms with Crippen LogP contribution in [-0.4, -0.2) is 57.6 Å². The number of sulfonamides is 1. The minimum atomic E-state index is -4.10. The molecule has 0 saturated carbocycles. The Bertz CT molecular complexity index is 1380. The monoisotopic (exact) mass is 569 g/mol. The summed E-state index contributed by atoms with van der Waals surface area (Å²) in [5.41, 5.74) is 2.06. The molecule has 0 aromatic heterocycles. The number of thioether (sulfide) groups is 1. The number of hydrogen-bond donors (Lipinski definition) is 1. The Balaban J connectivity index is 2.02. The lowest BCUT2D eigenvalue weighted by atomic mass is 10.1. The SMILES string of the molecule is CCNC(=O)[C@H](C)N(Cc1cccc(OC)c1)C(=O)CN(c1ccc(C)cc1)S(=O)(=O)c1ccc(SC)cc1. The zero-order valence-electron chi connectivity index (χ0n) is 22.9. The highest BCUT2D eigenvalue weighted by Crippen LogP contribution is 2.27. The minimum Gasteiger partial charge on any atom is -0.497 e. The Kier molecular flexibility index (Phi) is 10.4. The zero-order valence-corrected chi connectivity index (χ0v) is 24.5. The highest BCUT2D eigenvalue weighted by molar-refractivity contribution is 7.98. The molecule has 0 spiro atoms. The van der Waals surface area contributed by atoms with Gasteiger partial charge in [0, 0.05) is 18.0 Å². The summed E-state index contributed by atoms with van der Waals surface area (Å²) in [5, 5.41) is 2.76. The fourth-order valence-electron chi connectivity index (χ4n) is 3.99. The van der Waals surface area contributed by atoms with Gasteiger partial charge in [0.05, 0.1) is 17.7 Å². The van der Waals surface area contributed by atoms with Crippen molar-refractivity contribution in [3.63, 3.8) is 0 Å². The second kappa shape index (κ2) is 13.5. The van der Waals surface area contributed by atoms with E-state index in [2.05, 4.69) is 5.32 Å². The number of amides is 2. The molecule has 1 N–H and O–H groups in total. The van der Waals surface area contributed by atoms with Gasteiger partial charge in [0.2, 0.25) is 11.8 Å². The summed E-state index contributed by atoms with van der Waals surface area (Å²) in [4.78, 5) is 29.1. The zero-order chi connectivity index (χ0) is 28.6. The van der Waals surface area contributed by atoms with Crippen molar-refractivity contribution in [1.82, 2.24) is 10.2 Å². The maximum Gasteiger partial charge on any atom is 0.264 e. The Labute approximate surface area is 235 Å².